The monoisotopic (exact) mass is 599 g/mol. The Labute approximate surface area is 239 Å². The Morgan fingerprint density at radius 2 is 1.95 bits per heavy atom. The van der Waals surface area contributed by atoms with Crippen molar-refractivity contribution in [1.29, 1.82) is 0 Å². The number of carbonyl (C=O) groups excluding carboxylic acids is 1. The molecule has 2 atom stereocenters. The molecule has 5 rings (SSSR count). The standard InChI is InChI=1S/C27H30ClF4N5O4/c1-26(2)10-15(34(3)14-27(30,31)32)12-37(26)23-19-22(20(28)21(33-23)17-6-4-5-7-18(17)29)41-13-16-11-35(25(39)40)8-9-36(16)24(19)38/h4-7,15-16H,8-14H2,1-3H3,(H,39,40)/t15?,16-/m1/s1. The highest BCUT2D eigenvalue weighted by atomic mass is 35.5. The van der Waals surface area contributed by atoms with Crippen LogP contribution in [0, 0.1) is 5.82 Å². The molecule has 41 heavy (non-hydrogen) atoms. The predicted octanol–water partition coefficient (Wildman–Crippen LogP) is 4.59. The van der Waals surface area contributed by atoms with E-state index >= 15 is 0 Å². The summed E-state index contributed by atoms with van der Waals surface area (Å²) in [5.74, 6) is -0.980. The summed E-state index contributed by atoms with van der Waals surface area (Å²) in [6.07, 6.45) is -5.17. The summed E-state index contributed by atoms with van der Waals surface area (Å²) in [4.78, 5) is 36.2. The van der Waals surface area contributed by atoms with Crippen molar-refractivity contribution >= 4 is 29.4 Å². The van der Waals surface area contributed by atoms with E-state index in [0.717, 1.165) is 0 Å². The van der Waals surface area contributed by atoms with Crippen LogP contribution in [0.25, 0.3) is 11.3 Å². The molecule has 2 fully saturated rings. The third kappa shape index (κ3) is 5.49. The first kappa shape index (κ1) is 29.2. The first-order valence-corrected chi connectivity index (χ1v) is 13.5. The van der Waals surface area contributed by atoms with Crippen molar-refractivity contribution in [1.82, 2.24) is 19.7 Å². The fourth-order valence-electron chi connectivity index (χ4n) is 5.94. The quantitative estimate of drug-likeness (QED) is 0.514. The lowest BCUT2D eigenvalue weighted by atomic mass is 9.98. The summed E-state index contributed by atoms with van der Waals surface area (Å²) in [5.41, 5.74) is -0.631. The fraction of sp³-hybridized carbons (Fsp3) is 0.519. The molecule has 14 heteroatoms. The van der Waals surface area contributed by atoms with Crippen molar-refractivity contribution in [3.8, 4) is 17.0 Å². The minimum absolute atomic E-state index is 0.0147. The van der Waals surface area contributed by atoms with E-state index in [-0.39, 0.29) is 66.2 Å². The van der Waals surface area contributed by atoms with Crippen molar-refractivity contribution in [2.24, 2.45) is 0 Å². The van der Waals surface area contributed by atoms with Crippen LogP contribution < -0.4 is 9.64 Å². The number of fused-ring (bicyclic) bond motifs is 2. The van der Waals surface area contributed by atoms with Gasteiger partial charge >= 0.3 is 12.3 Å². The van der Waals surface area contributed by atoms with E-state index in [0.29, 0.717) is 6.42 Å². The number of likely N-dealkylation sites (N-methyl/N-ethyl adjacent to an activating group) is 1. The Morgan fingerprint density at radius 3 is 2.61 bits per heavy atom. The average Bonchev–Trinajstić information content (AvgIpc) is 3.13. The second-order valence-corrected chi connectivity index (χ2v) is 11.7. The molecule has 0 bridgehead atoms. The van der Waals surface area contributed by atoms with E-state index in [4.69, 9.17) is 21.3 Å². The number of ether oxygens (including phenoxy) is 1. The molecule has 1 unspecified atom stereocenters. The van der Waals surface area contributed by atoms with Gasteiger partial charge in [-0.15, -0.1) is 0 Å². The number of aromatic nitrogens is 1. The molecular weight excluding hydrogens is 570 g/mol. The van der Waals surface area contributed by atoms with Gasteiger partial charge in [-0.05, 0) is 39.4 Å². The zero-order chi connectivity index (χ0) is 29.9. The fourth-order valence-corrected chi connectivity index (χ4v) is 6.23. The zero-order valence-corrected chi connectivity index (χ0v) is 23.5. The first-order chi connectivity index (χ1) is 19.2. The number of pyridine rings is 1. The van der Waals surface area contributed by atoms with Gasteiger partial charge in [0.1, 0.15) is 28.8 Å². The van der Waals surface area contributed by atoms with Crippen molar-refractivity contribution in [3.05, 3.63) is 40.7 Å². The van der Waals surface area contributed by atoms with Crippen LogP contribution in [-0.4, -0.2) is 107 Å². The van der Waals surface area contributed by atoms with E-state index in [9.17, 15) is 32.3 Å². The van der Waals surface area contributed by atoms with Gasteiger partial charge in [0.05, 0.1) is 18.3 Å². The normalized spacial score (nSPS) is 22.4. The van der Waals surface area contributed by atoms with Crippen molar-refractivity contribution < 1.29 is 37.0 Å². The van der Waals surface area contributed by atoms with Gasteiger partial charge in [-0.3, -0.25) is 9.69 Å². The number of anilines is 1. The number of benzene rings is 1. The van der Waals surface area contributed by atoms with Crippen molar-refractivity contribution in [2.75, 3.05) is 51.3 Å². The molecule has 2 amide bonds. The van der Waals surface area contributed by atoms with Gasteiger partial charge in [-0.25, -0.2) is 14.2 Å². The maximum atomic E-state index is 15.0. The van der Waals surface area contributed by atoms with Gasteiger partial charge in [0.25, 0.3) is 5.91 Å². The summed E-state index contributed by atoms with van der Waals surface area (Å²) < 4.78 is 60.8. The minimum Gasteiger partial charge on any atom is -0.489 e. The summed E-state index contributed by atoms with van der Waals surface area (Å²) in [5, 5.41) is 9.41. The number of hydrogen-bond acceptors (Lipinski definition) is 6. The van der Waals surface area contributed by atoms with E-state index in [1.807, 2.05) is 13.8 Å². The highest BCUT2D eigenvalue weighted by Crippen LogP contribution is 2.47. The molecule has 3 aliphatic rings. The molecule has 4 heterocycles. The maximum Gasteiger partial charge on any atom is 0.407 e. The molecule has 2 saturated heterocycles. The number of hydrogen-bond donors (Lipinski definition) is 1. The molecule has 0 spiro atoms. The molecule has 0 radical (unpaired) electrons. The van der Waals surface area contributed by atoms with Crippen LogP contribution >= 0.6 is 11.6 Å². The number of rotatable bonds is 4. The zero-order valence-electron chi connectivity index (χ0n) is 22.7. The number of piperazine rings is 1. The molecule has 0 aliphatic carbocycles. The highest BCUT2D eigenvalue weighted by Gasteiger charge is 2.47. The molecule has 3 aliphatic heterocycles. The Morgan fingerprint density at radius 1 is 1.24 bits per heavy atom. The van der Waals surface area contributed by atoms with Crippen molar-refractivity contribution in [2.45, 2.75) is 44.1 Å². The van der Waals surface area contributed by atoms with Crippen LogP contribution in [0.5, 0.6) is 5.75 Å². The number of carbonyl (C=O) groups is 2. The number of amides is 2. The molecule has 1 N–H and O–H groups in total. The van der Waals surface area contributed by atoms with E-state index in [1.165, 1.54) is 39.9 Å². The van der Waals surface area contributed by atoms with Crippen LogP contribution in [0.3, 0.4) is 0 Å². The van der Waals surface area contributed by atoms with E-state index in [1.54, 1.807) is 11.0 Å². The minimum atomic E-state index is -4.39. The van der Waals surface area contributed by atoms with Gasteiger partial charge in [0.2, 0.25) is 0 Å². The highest BCUT2D eigenvalue weighted by molar-refractivity contribution is 6.35. The lowest BCUT2D eigenvalue weighted by Crippen LogP contribution is -2.57. The van der Waals surface area contributed by atoms with E-state index < -0.39 is 48.2 Å². The van der Waals surface area contributed by atoms with Crippen LogP contribution in [0.1, 0.15) is 30.6 Å². The topological polar surface area (TPSA) is 89.5 Å². The second-order valence-electron chi connectivity index (χ2n) is 11.3. The van der Waals surface area contributed by atoms with Crippen molar-refractivity contribution in [3.63, 3.8) is 0 Å². The number of nitrogens with zero attached hydrogens (tertiary/aromatic N) is 5. The van der Waals surface area contributed by atoms with Gasteiger partial charge in [0.15, 0.2) is 5.75 Å². The lowest BCUT2D eigenvalue weighted by molar-refractivity contribution is -0.146. The second kappa shape index (κ2) is 10.5. The van der Waals surface area contributed by atoms with Gasteiger partial charge in [0, 0.05) is 43.3 Å². The lowest BCUT2D eigenvalue weighted by Gasteiger charge is -2.39. The molecule has 0 saturated carbocycles. The summed E-state index contributed by atoms with van der Waals surface area (Å²) in [6, 6.07) is 4.71. The third-order valence-electron chi connectivity index (χ3n) is 8.02. The number of carboxylic acid groups (broad SMARTS) is 1. The Balaban J connectivity index is 1.64. The summed E-state index contributed by atoms with van der Waals surface area (Å²) in [7, 11) is 1.40. The van der Waals surface area contributed by atoms with Crippen LogP contribution in [-0.2, 0) is 0 Å². The molecule has 1 aromatic carbocycles. The summed E-state index contributed by atoms with van der Waals surface area (Å²) in [6.45, 7) is 2.85. The van der Waals surface area contributed by atoms with Crippen LogP contribution in [0.4, 0.5) is 28.2 Å². The molecule has 9 nitrogen and oxygen atoms in total. The molecule has 2 aromatic rings. The first-order valence-electron chi connectivity index (χ1n) is 13.1. The molecular formula is C27H30ClF4N5O4. The Bertz CT molecular complexity index is 1370. The van der Waals surface area contributed by atoms with Crippen LogP contribution in [0.15, 0.2) is 24.3 Å². The Kier molecular flexibility index (Phi) is 7.48. The Hall–Kier alpha value is -3.32. The van der Waals surface area contributed by atoms with Crippen LogP contribution in [0.2, 0.25) is 5.02 Å². The van der Waals surface area contributed by atoms with Gasteiger partial charge < -0.3 is 24.5 Å². The van der Waals surface area contributed by atoms with Gasteiger partial charge in [-0.1, -0.05) is 23.7 Å². The predicted molar refractivity (Wildman–Crippen MR) is 143 cm³/mol. The largest absolute Gasteiger partial charge is 0.489 e. The molecule has 1 aromatic heterocycles. The average molecular weight is 600 g/mol. The maximum absolute atomic E-state index is 15.0. The smallest absolute Gasteiger partial charge is 0.407 e. The van der Waals surface area contributed by atoms with Gasteiger partial charge in [-0.2, -0.15) is 13.2 Å². The summed E-state index contributed by atoms with van der Waals surface area (Å²) >= 11 is 6.77. The SMILES string of the molecule is CN(CC(F)(F)F)C1CN(c2nc(-c3ccccc3F)c(Cl)c3c2C(=O)N2CCN(C(=O)O)C[C@@H]2CO3)C(C)(C)C1. The number of halogens is 5. The van der Waals surface area contributed by atoms with E-state index in [2.05, 4.69) is 0 Å². The molecule has 222 valence electrons. The number of alkyl halides is 3. The third-order valence-corrected chi connectivity index (χ3v) is 8.37.